The molecule has 1 aliphatic rings. The number of ether oxygens (including phenoxy) is 1. The highest BCUT2D eigenvalue weighted by molar-refractivity contribution is 5.53. The first-order valence-corrected chi connectivity index (χ1v) is 8.83. The van der Waals surface area contributed by atoms with Crippen LogP contribution in [-0.4, -0.2) is 42.4 Å². The number of rotatable bonds is 7. The van der Waals surface area contributed by atoms with Gasteiger partial charge in [0.15, 0.2) is 0 Å². The highest BCUT2D eigenvalue weighted by Gasteiger charge is 2.14. The molecule has 3 rings (SSSR count). The maximum atomic E-state index is 5.47. The summed E-state index contributed by atoms with van der Waals surface area (Å²) in [6.07, 6.45) is 3.92. The third-order valence-corrected chi connectivity index (χ3v) is 4.58. The van der Waals surface area contributed by atoms with E-state index in [4.69, 9.17) is 4.74 Å². The Kier molecular flexibility index (Phi) is 5.88. The third-order valence-electron chi connectivity index (χ3n) is 4.58. The van der Waals surface area contributed by atoms with Crippen molar-refractivity contribution in [1.29, 1.82) is 0 Å². The lowest BCUT2D eigenvalue weighted by Gasteiger charge is -2.30. The second kappa shape index (κ2) is 8.31. The molecule has 1 unspecified atom stereocenters. The molecule has 2 heterocycles. The Hall–Kier alpha value is -1.85. The molecule has 1 N–H and O–H groups in total. The lowest BCUT2D eigenvalue weighted by molar-refractivity contribution is 0.122. The largest absolute Gasteiger partial charge is 0.378 e. The van der Waals surface area contributed by atoms with E-state index in [9.17, 15) is 0 Å². The molecule has 0 spiro atoms. The predicted molar refractivity (Wildman–Crippen MR) is 97.3 cm³/mol. The molecule has 130 valence electrons. The maximum Gasteiger partial charge on any atom is 0.105 e. The fourth-order valence-electron chi connectivity index (χ4n) is 3.22. The molecule has 0 aliphatic carbocycles. The Balaban J connectivity index is 1.52. The quantitative estimate of drug-likeness (QED) is 0.848. The molecule has 0 amide bonds. The Bertz CT molecular complexity index is 634. The summed E-state index contributed by atoms with van der Waals surface area (Å²) in [7, 11) is 0. The fraction of sp³-hybridized carbons (Fsp3) is 0.526. The average molecular weight is 328 g/mol. The van der Waals surface area contributed by atoms with E-state index in [1.807, 2.05) is 6.20 Å². The number of nitrogens with one attached hydrogen (secondary N) is 1. The molecule has 0 bridgehead atoms. The number of nitrogens with zero attached hydrogens (tertiary/aromatic N) is 3. The normalized spacial score (nSPS) is 16.3. The minimum Gasteiger partial charge on any atom is -0.378 e. The summed E-state index contributed by atoms with van der Waals surface area (Å²) in [6.45, 7) is 10.8. The lowest BCUT2D eigenvalue weighted by atomic mass is 10.1. The Morgan fingerprint density at radius 3 is 2.79 bits per heavy atom. The first kappa shape index (κ1) is 17.0. The van der Waals surface area contributed by atoms with Crippen LogP contribution >= 0.6 is 0 Å². The first-order valence-electron chi connectivity index (χ1n) is 8.83. The zero-order valence-corrected chi connectivity index (χ0v) is 14.7. The average Bonchev–Trinajstić information content (AvgIpc) is 3.01. The summed E-state index contributed by atoms with van der Waals surface area (Å²) >= 11 is 0. The molecule has 5 nitrogen and oxygen atoms in total. The van der Waals surface area contributed by atoms with Crippen LogP contribution in [0.3, 0.4) is 0 Å². The van der Waals surface area contributed by atoms with E-state index in [0.717, 1.165) is 51.8 Å². The van der Waals surface area contributed by atoms with Crippen LogP contribution in [0.4, 0.5) is 5.69 Å². The van der Waals surface area contributed by atoms with Crippen LogP contribution in [0.2, 0.25) is 0 Å². The third kappa shape index (κ3) is 4.36. The Labute approximate surface area is 144 Å². The van der Waals surface area contributed by atoms with Crippen LogP contribution in [0.15, 0.2) is 36.7 Å². The second-order valence-electron chi connectivity index (χ2n) is 6.59. The summed E-state index contributed by atoms with van der Waals surface area (Å²) in [5.41, 5.74) is 2.71. The van der Waals surface area contributed by atoms with Crippen LogP contribution in [0, 0.1) is 12.8 Å². The predicted octanol–water partition coefficient (Wildman–Crippen LogP) is 2.45. The molecule has 0 saturated carbocycles. The number of aryl methyl sites for hydroxylation is 1. The highest BCUT2D eigenvalue weighted by Crippen LogP contribution is 2.21. The van der Waals surface area contributed by atoms with E-state index in [1.165, 1.54) is 11.3 Å². The number of aromatic nitrogens is 2. The summed E-state index contributed by atoms with van der Waals surface area (Å²) in [4.78, 5) is 6.72. The fourth-order valence-corrected chi connectivity index (χ4v) is 3.22. The van der Waals surface area contributed by atoms with E-state index in [2.05, 4.69) is 64.1 Å². The molecule has 24 heavy (non-hydrogen) atoms. The molecule has 1 aromatic heterocycles. The van der Waals surface area contributed by atoms with Gasteiger partial charge in [0.25, 0.3) is 0 Å². The van der Waals surface area contributed by atoms with Crippen molar-refractivity contribution in [3.8, 4) is 0 Å². The molecular formula is C19H28N4O. The minimum absolute atomic E-state index is 0.563. The van der Waals surface area contributed by atoms with Crippen molar-refractivity contribution in [3.63, 3.8) is 0 Å². The standard InChI is InChI=1S/C19H28N4O/c1-16(15-23-8-7-21-17(23)2)13-20-14-18-5-3-4-6-19(18)22-9-11-24-12-10-22/h3-8,16,20H,9-15H2,1-2H3. The summed E-state index contributed by atoms with van der Waals surface area (Å²) < 4.78 is 7.68. The van der Waals surface area contributed by atoms with Crippen LogP contribution in [0.5, 0.6) is 0 Å². The number of benzene rings is 1. The van der Waals surface area contributed by atoms with Gasteiger partial charge in [-0.2, -0.15) is 0 Å². The van der Waals surface area contributed by atoms with Gasteiger partial charge < -0.3 is 19.5 Å². The Morgan fingerprint density at radius 2 is 2.04 bits per heavy atom. The molecule has 1 aliphatic heterocycles. The van der Waals surface area contributed by atoms with Crippen LogP contribution < -0.4 is 10.2 Å². The van der Waals surface area contributed by atoms with E-state index in [-0.39, 0.29) is 0 Å². The van der Waals surface area contributed by atoms with Gasteiger partial charge in [-0.15, -0.1) is 0 Å². The number of morpholine rings is 1. The van der Waals surface area contributed by atoms with Gasteiger partial charge in [0.05, 0.1) is 13.2 Å². The minimum atomic E-state index is 0.563. The summed E-state index contributed by atoms with van der Waals surface area (Å²) in [5.74, 6) is 1.65. The van der Waals surface area contributed by atoms with Crippen molar-refractivity contribution in [3.05, 3.63) is 48.0 Å². The van der Waals surface area contributed by atoms with Crippen LogP contribution in [0.25, 0.3) is 0 Å². The van der Waals surface area contributed by atoms with E-state index < -0.39 is 0 Å². The first-order chi connectivity index (χ1) is 11.7. The SMILES string of the molecule is Cc1nccn1CC(C)CNCc1ccccc1N1CCOCC1. The topological polar surface area (TPSA) is 42.3 Å². The van der Waals surface area contributed by atoms with Crippen molar-refractivity contribution in [2.24, 2.45) is 5.92 Å². The molecule has 2 aromatic rings. The van der Waals surface area contributed by atoms with E-state index in [1.54, 1.807) is 0 Å². The Morgan fingerprint density at radius 1 is 1.25 bits per heavy atom. The van der Waals surface area contributed by atoms with E-state index in [0.29, 0.717) is 5.92 Å². The van der Waals surface area contributed by atoms with Gasteiger partial charge in [-0.3, -0.25) is 0 Å². The van der Waals surface area contributed by atoms with Crippen LogP contribution in [-0.2, 0) is 17.8 Å². The van der Waals surface area contributed by atoms with Gasteiger partial charge in [-0.05, 0) is 31.0 Å². The monoisotopic (exact) mass is 328 g/mol. The van der Waals surface area contributed by atoms with Crippen molar-refractivity contribution in [1.82, 2.24) is 14.9 Å². The number of para-hydroxylation sites is 1. The molecule has 1 atom stereocenters. The maximum absolute atomic E-state index is 5.47. The van der Waals surface area contributed by atoms with E-state index >= 15 is 0 Å². The lowest BCUT2D eigenvalue weighted by Crippen LogP contribution is -2.37. The summed E-state index contributed by atoms with van der Waals surface area (Å²) in [5, 5.41) is 3.62. The van der Waals surface area contributed by atoms with Gasteiger partial charge in [0, 0.05) is 44.3 Å². The highest BCUT2D eigenvalue weighted by atomic mass is 16.5. The zero-order valence-electron chi connectivity index (χ0n) is 14.7. The van der Waals surface area contributed by atoms with Crippen LogP contribution in [0.1, 0.15) is 18.3 Å². The van der Waals surface area contributed by atoms with Gasteiger partial charge in [0.1, 0.15) is 5.82 Å². The number of hydrogen-bond acceptors (Lipinski definition) is 4. The number of hydrogen-bond donors (Lipinski definition) is 1. The van der Waals surface area contributed by atoms with Gasteiger partial charge in [0.2, 0.25) is 0 Å². The van der Waals surface area contributed by atoms with Crippen molar-refractivity contribution in [2.45, 2.75) is 26.9 Å². The van der Waals surface area contributed by atoms with Gasteiger partial charge in [-0.25, -0.2) is 4.98 Å². The zero-order chi connectivity index (χ0) is 16.8. The smallest absolute Gasteiger partial charge is 0.105 e. The van der Waals surface area contributed by atoms with Crippen molar-refractivity contribution in [2.75, 3.05) is 37.7 Å². The molecule has 0 radical (unpaired) electrons. The number of imidazole rings is 1. The van der Waals surface area contributed by atoms with Gasteiger partial charge >= 0.3 is 0 Å². The molecule has 1 fully saturated rings. The van der Waals surface area contributed by atoms with Crippen molar-refractivity contribution < 1.29 is 4.74 Å². The molecule has 1 saturated heterocycles. The molecular weight excluding hydrogens is 300 g/mol. The number of anilines is 1. The molecule has 5 heteroatoms. The summed E-state index contributed by atoms with van der Waals surface area (Å²) in [6, 6.07) is 8.70. The second-order valence-corrected chi connectivity index (χ2v) is 6.59. The van der Waals surface area contributed by atoms with Crippen molar-refractivity contribution >= 4 is 5.69 Å². The molecule has 1 aromatic carbocycles. The van der Waals surface area contributed by atoms with Gasteiger partial charge in [-0.1, -0.05) is 25.1 Å².